The highest BCUT2D eigenvalue weighted by Gasteiger charge is 2.13. The van der Waals surface area contributed by atoms with E-state index in [1.807, 2.05) is 29.6 Å². The van der Waals surface area contributed by atoms with Crippen molar-refractivity contribution in [2.24, 2.45) is 0 Å². The highest BCUT2D eigenvalue weighted by Crippen LogP contribution is 2.16. The summed E-state index contributed by atoms with van der Waals surface area (Å²) in [7, 11) is 1.67. The fraction of sp³-hybridized carbons (Fsp3) is 0.250. The summed E-state index contributed by atoms with van der Waals surface area (Å²) in [6.07, 6.45) is 0. The molecule has 0 bridgehead atoms. The standard InChI is InChI=1S/C16H16BrNO4S/c1-18(9-14-3-2-8-23-14)15(19)10-22-16(20)11-21-13-6-4-12(17)5-7-13/h2-8H,9-11H2,1H3. The lowest BCUT2D eigenvalue weighted by Gasteiger charge is -2.16. The summed E-state index contributed by atoms with van der Waals surface area (Å²) in [6.45, 7) is -0.0165. The van der Waals surface area contributed by atoms with Crippen LogP contribution < -0.4 is 4.74 Å². The molecule has 0 atom stereocenters. The smallest absolute Gasteiger partial charge is 0.344 e. The molecule has 0 radical (unpaired) electrons. The third kappa shape index (κ3) is 6.03. The van der Waals surface area contributed by atoms with Crippen LogP contribution in [0.15, 0.2) is 46.3 Å². The molecule has 7 heteroatoms. The number of esters is 1. The van der Waals surface area contributed by atoms with Crippen LogP contribution in [0, 0.1) is 0 Å². The van der Waals surface area contributed by atoms with E-state index in [4.69, 9.17) is 9.47 Å². The van der Waals surface area contributed by atoms with Crippen molar-refractivity contribution in [2.45, 2.75) is 6.54 Å². The van der Waals surface area contributed by atoms with Crippen LogP contribution in [0.4, 0.5) is 0 Å². The van der Waals surface area contributed by atoms with Crippen molar-refractivity contribution in [2.75, 3.05) is 20.3 Å². The van der Waals surface area contributed by atoms with Crippen molar-refractivity contribution < 1.29 is 19.1 Å². The van der Waals surface area contributed by atoms with Crippen LogP contribution in [-0.4, -0.2) is 37.0 Å². The molecular formula is C16H16BrNO4S. The number of hydrogen-bond acceptors (Lipinski definition) is 5. The first-order valence-corrected chi connectivity index (χ1v) is 8.52. The van der Waals surface area contributed by atoms with Gasteiger partial charge in [0.05, 0.1) is 6.54 Å². The van der Waals surface area contributed by atoms with E-state index in [9.17, 15) is 9.59 Å². The molecule has 0 saturated carbocycles. The van der Waals surface area contributed by atoms with Crippen molar-refractivity contribution >= 4 is 39.1 Å². The summed E-state index contributed by atoms with van der Waals surface area (Å²) in [5, 5.41) is 1.95. The molecule has 5 nitrogen and oxygen atoms in total. The summed E-state index contributed by atoms with van der Waals surface area (Å²) in [5.74, 6) is -0.271. The van der Waals surface area contributed by atoms with E-state index in [2.05, 4.69) is 15.9 Å². The average Bonchev–Trinajstić information content (AvgIpc) is 3.05. The predicted molar refractivity (Wildman–Crippen MR) is 91.4 cm³/mol. The number of nitrogens with zero attached hydrogens (tertiary/aromatic N) is 1. The van der Waals surface area contributed by atoms with E-state index in [0.29, 0.717) is 12.3 Å². The third-order valence-electron chi connectivity index (χ3n) is 2.93. The molecule has 1 heterocycles. The van der Waals surface area contributed by atoms with Gasteiger partial charge in [0.2, 0.25) is 0 Å². The Hall–Kier alpha value is -1.86. The lowest BCUT2D eigenvalue weighted by molar-refractivity contribution is -0.153. The van der Waals surface area contributed by atoms with Gasteiger partial charge in [-0.1, -0.05) is 22.0 Å². The zero-order valence-corrected chi connectivity index (χ0v) is 14.9. The number of amides is 1. The van der Waals surface area contributed by atoms with Crippen molar-refractivity contribution in [1.82, 2.24) is 4.90 Å². The van der Waals surface area contributed by atoms with E-state index < -0.39 is 5.97 Å². The lowest BCUT2D eigenvalue weighted by atomic mass is 10.3. The first kappa shape index (κ1) is 17.5. The second kappa shape index (κ2) is 8.69. The van der Waals surface area contributed by atoms with Gasteiger partial charge in [-0.15, -0.1) is 11.3 Å². The number of rotatable bonds is 7. The normalized spacial score (nSPS) is 10.2. The van der Waals surface area contributed by atoms with Crippen LogP contribution in [0.3, 0.4) is 0 Å². The van der Waals surface area contributed by atoms with Crippen LogP contribution >= 0.6 is 27.3 Å². The number of halogens is 1. The van der Waals surface area contributed by atoms with Gasteiger partial charge in [0.25, 0.3) is 5.91 Å². The van der Waals surface area contributed by atoms with Crippen LogP contribution in [0.1, 0.15) is 4.88 Å². The molecular weight excluding hydrogens is 382 g/mol. The maximum Gasteiger partial charge on any atom is 0.344 e. The van der Waals surface area contributed by atoms with Gasteiger partial charge < -0.3 is 14.4 Å². The first-order chi connectivity index (χ1) is 11.0. The van der Waals surface area contributed by atoms with Crippen LogP contribution in [0.25, 0.3) is 0 Å². The fourth-order valence-corrected chi connectivity index (χ4v) is 2.71. The van der Waals surface area contributed by atoms with Gasteiger partial charge in [-0.2, -0.15) is 0 Å². The molecule has 2 aromatic rings. The number of hydrogen-bond donors (Lipinski definition) is 0. The molecule has 1 amide bonds. The summed E-state index contributed by atoms with van der Waals surface area (Å²) in [4.78, 5) is 26.1. The molecule has 0 N–H and O–H groups in total. The first-order valence-electron chi connectivity index (χ1n) is 6.85. The molecule has 1 aromatic carbocycles. The number of ether oxygens (including phenoxy) is 2. The Morgan fingerprint density at radius 2 is 1.91 bits per heavy atom. The maximum atomic E-state index is 11.9. The Labute approximate surface area is 146 Å². The topological polar surface area (TPSA) is 55.8 Å². The van der Waals surface area contributed by atoms with Gasteiger partial charge in [0.15, 0.2) is 13.2 Å². The maximum absolute atomic E-state index is 11.9. The largest absolute Gasteiger partial charge is 0.482 e. The molecule has 0 aliphatic rings. The van der Waals surface area contributed by atoms with Crippen molar-refractivity contribution in [3.63, 3.8) is 0 Å². The quantitative estimate of drug-likeness (QED) is 0.673. The monoisotopic (exact) mass is 397 g/mol. The molecule has 0 spiro atoms. The molecule has 0 aliphatic carbocycles. The zero-order valence-electron chi connectivity index (χ0n) is 12.5. The van der Waals surface area contributed by atoms with Gasteiger partial charge in [0, 0.05) is 16.4 Å². The minimum atomic E-state index is -0.578. The molecule has 2 rings (SSSR count). The van der Waals surface area contributed by atoms with Crippen molar-refractivity contribution in [3.05, 3.63) is 51.1 Å². The Kier molecular flexibility index (Phi) is 6.61. The fourth-order valence-electron chi connectivity index (χ4n) is 1.69. The van der Waals surface area contributed by atoms with Crippen molar-refractivity contribution in [1.29, 1.82) is 0 Å². The van der Waals surface area contributed by atoms with E-state index in [1.165, 1.54) is 4.90 Å². The molecule has 122 valence electrons. The minimum absolute atomic E-state index is 0.233. The molecule has 0 saturated heterocycles. The molecule has 1 aromatic heterocycles. The van der Waals surface area contributed by atoms with Crippen molar-refractivity contribution in [3.8, 4) is 5.75 Å². The van der Waals surface area contributed by atoms with E-state index in [-0.39, 0.29) is 19.1 Å². The Bertz CT molecular complexity index is 643. The zero-order chi connectivity index (χ0) is 16.7. The van der Waals surface area contributed by atoms with Gasteiger partial charge in [-0.3, -0.25) is 4.79 Å². The predicted octanol–water partition coefficient (Wildman–Crippen LogP) is 3.09. The summed E-state index contributed by atoms with van der Waals surface area (Å²) >= 11 is 4.89. The van der Waals surface area contributed by atoms with Gasteiger partial charge >= 0.3 is 5.97 Å². The number of carbonyl (C=O) groups is 2. The Morgan fingerprint density at radius 1 is 1.17 bits per heavy atom. The molecule has 0 fully saturated rings. The SMILES string of the molecule is CN(Cc1cccs1)C(=O)COC(=O)COc1ccc(Br)cc1. The van der Waals surface area contributed by atoms with Gasteiger partial charge in [-0.25, -0.2) is 4.79 Å². The summed E-state index contributed by atoms with van der Waals surface area (Å²) in [5.41, 5.74) is 0. The second-order valence-corrected chi connectivity index (χ2v) is 6.68. The molecule has 0 unspecified atom stereocenters. The number of thiophene rings is 1. The van der Waals surface area contributed by atoms with Gasteiger partial charge in [-0.05, 0) is 35.7 Å². The highest BCUT2D eigenvalue weighted by molar-refractivity contribution is 9.10. The Balaban J connectivity index is 1.69. The van der Waals surface area contributed by atoms with E-state index >= 15 is 0 Å². The molecule has 0 aliphatic heterocycles. The van der Waals surface area contributed by atoms with Crippen LogP contribution in [0.5, 0.6) is 5.75 Å². The third-order valence-corrected chi connectivity index (χ3v) is 4.32. The number of likely N-dealkylation sites (N-methyl/N-ethyl adjacent to an activating group) is 1. The number of benzene rings is 1. The molecule has 23 heavy (non-hydrogen) atoms. The Morgan fingerprint density at radius 3 is 2.57 bits per heavy atom. The van der Waals surface area contributed by atoms with E-state index in [1.54, 1.807) is 30.5 Å². The van der Waals surface area contributed by atoms with Crippen LogP contribution in [-0.2, 0) is 20.9 Å². The minimum Gasteiger partial charge on any atom is -0.482 e. The summed E-state index contributed by atoms with van der Waals surface area (Å²) in [6, 6.07) is 11.0. The highest BCUT2D eigenvalue weighted by atomic mass is 79.9. The average molecular weight is 398 g/mol. The van der Waals surface area contributed by atoms with E-state index in [0.717, 1.165) is 9.35 Å². The van der Waals surface area contributed by atoms with Gasteiger partial charge in [0.1, 0.15) is 5.75 Å². The second-order valence-electron chi connectivity index (χ2n) is 4.73. The summed E-state index contributed by atoms with van der Waals surface area (Å²) < 4.78 is 11.1. The van der Waals surface area contributed by atoms with Crippen LogP contribution in [0.2, 0.25) is 0 Å². The lowest BCUT2D eigenvalue weighted by Crippen LogP contribution is -2.31. The number of carbonyl (C=O) groups excluding carboxylic acids is 2.